The van der Waals surface area contributed by atoms with Gasteiger partial charge in [-0.05, 0) is 18.8 Å². The quantitative estimate of drug-likeness (QED) is 0.742. The monoisotopic (exact) mass is 203 g/mol. The molecule has 15 heavy (non-hydrogen) atoms. The van der Waals surface area contributed by atoms with Crippen LogP contribution in [0.15, 0.2) is 25.0 Å². The molecule has 0 N–H and O–H groups in total. The summed E-state index contributed by atoms with van der Waals surface area (Å²) < 4.78 is 3.84. The molecule has 0 spiro atoms. The SMILES string of the molecule is c1ncn(Cc2cnn(CC3CC3)c2)n1. The first kappa shape index (κ1) is 8.64. The minimum Gasteiger partial charge on any atom is -0.272 e. The summed E-state index contributed by atoms with van der Waals surface area (Å²) in [5.74, 6) is 0.865. The molecule has 3 rings (SSSR count). The predicted octanol–water partition coefficient (Wildman–Crippen LogP) is 0.933. The Bertz CT molecular complexity index is 426. The summed E-state index contributed by atoms with van der Waals surface area (Å²) in [5.41, 5.74) is 1.18. The van der Waals surface area contributed by atoms with Crippen LogP contribution in [0.3, 0.4) is 0 Å². The fourth-order valence-electron chi connectivity index (χ4n) is 1.65. The first-order chi connectivity index (χ1) is 7.40. The van der Waals surface area contributed by atoms with E-state index in [0.717, 1.165) is 19.0 Å². The third-order valence-electron chi connectivity index (χ3n) is 2.64. The third-order valence-corrected chi connectivity index (χ3v) is 2.64. The van der Waals surface area contributed by atoms with Gasteiger partial charge in [0, 0.05) is 18.3 Å². The molecule has 5 nitrogen and oxygen atoms in total. The molecular weight excluding hydrogens is 190 g/mol. The van der Waals surface area contributed by atoms with E-state index >= 15 is 0 Å². The zero-order valence-electron chi connectivity index (χ0n) is 8.45. The highest BCUT2D eigenvalue weighted by atomic mass is 15.3. The van der Waals surface area contributed by atoms with Crippen molar-refractivity contribution in [2.75, 3.05) is 0 Å². The van der Waals surface area contributed by atoms with Crippen LogP contribution in [0.5, 0.6) is 0 Å². The zero-order valence-corrected chi connectivity index (χ0v) is 8.45. The maximum atomic E-state index is 4.33. The second-order valence-corrected chi connectivity index (χ2v) is 4.11. The Morgan fingerprint density at radius 3 is 2.93 bits per heavy atom. The molecule has 0 atom stereocenters. The van der Waals surface area contributed by atoms with Crippen molar-refractivity contribution in [2.24, 2.45) is 5.92 Å². The lowest BCUT2D eigenvalue weighted by Crippen LogP contribution is -2.00. The number of rotatable bonds is 4. The van der Waals surface area contributed by atoms with Crippen LogP contribution in [0.2, 0.25) is 0 Å². The molecule has 0 amide bonds. The summed E-state index contributed by atoms with van der Waals surface area (Å²) in [6.07, 6.45) is 9.99. The lowest BCUT2D eigenvalue weighted by atomic mass is 10.3. The first-order valence-electron chi connectivity index (χ1n) is 5.24. The lowest BCUT2D eigenvalue weighted by Gasteiger charge is -1.97. The van der Waals surface area contributed by atoms with Crippen molar-refractivity contribution >= 4 is 0 Å². The van der Waals surface area contributed by atoms with Crippen molar-refractivity contribution in [2.45, 2.75) is 25.9 Å². The van der Waals surface area contributed by atoms with E-state index in [1.165, 1.54) is 18.4 Å². The van der Waals surface area contributed by atoms with E-state index in [1.807, 2.05) is 10.9 Å². The van der Waals surface area contributed by atoms with Gasteiger partial charge in [-0.25, -0.2) is 9.67 Å². The van der Waals surface area contributed by atoms with Crippen LogP contribution in [0, 0.1) is 5.92 Å². The van der Waals surface area contributed by atoms with Crippen LogP contribution >= 0.6 is 0 Å². The summed E-state index contributed by atoms with van der Waals surface area (Å²) in [7, 11) is 0. The van der Waals surface area contributed by atoms with E-state index in [1.54, 1.807) is 17.3 Å². The second kappa shape index (κ2) is 3.49. The normalized spacial score (nSPS) is 15.7. The molecule has 0 bridgehead atoms. The van der Waals surface area contributed by atoms with E-state index < -0.39 is 0 Å². The van der Waals surface area contributed by atoms with Gasteiger partial charge < -0.3 is 0 Å². The number of hydrogen-bond donors (Lipinski definition) is 0. The topological polar surface area (TPSA) is 48.5 Å². The molecule has 0 unspecified atom stereocenters. The van der Waals surface area contributed by atoms with E-state index in [9.17, 15) is 0 Å². The predicted molar refractivity (Wildman–Crippen MR) is 54.1 cm³/mol. The largest absolute Gasteiger partial charge is 0.272 e. The van der Waals surface area contributed by atoms with Gasteiger partial charge in [-0.15, -0.1) is 0 Å². The highest BCUT2D eigenvalue weighted by Gasteiger charge is 2.21. The average molecular weight is 203 g/mol. The maximum Gasteiger partial charge on any atom is 0.137 e. The van der Waals surface area contributed by atoms with Crippen LogP contribution in [0.4, 0.5) is 0 Å². The van der Waals surface area contributed by atoms with Crippen molar-refractivity contribution in [1.29, 1.82) is 0 Å². The molecule has 0 aliphatic heterocycles. The third kappa shape index (κ3) is 2.06. The summed E-state index contributed by atoms with van der Waals surface area (Å²) >= 11 is 0. The van der Waals surface area contributed by atoms with Crippen molar-refractivity contribution in [3.05, 3.63) is 30.6 Å². The van der Waals surface area contributed by atoms with Crippen molar-refractivity contribution < 1.29 is 0 Å². The molecule has 1 aliphatic carbocycles. The van der Waals surface area contributed by atoms with Gasteiger partial charge in [0.1, 0.15) is 12.7 Å². The Hall–Kier alpha value is -1.65. The number of hydrogen-bond acceptors (Lipinski definition) is 3. The van der Waals surface area contributed by atoms with Gasteiger partial charge in [0.25, 0.3) is 0 Å². The van der Waals surface area contributed by atoms with Crippen molar-refractivity contribution in [3.8, 4) is 0 Å². The zero-order chi connectivity index (χ0) is 10.1. The molecule has 1 saturated carbocycles. The van der Waals surface area contributed by atoms with Gasteiger partial charge in [-0.3, -0.25) is 4.68 Å². The Morgan fingerprint density at radius 2 is 2.20 bits per heavy atom. The molecule has 0 radical (unpaired) electrons. The minimum atomic E-state index is 0.755. The molecular formula is C10H13N5. The Kier molecular flexibility index (Phi) is 2.01. The molecule has 1 aliphatic rings. The fraction of sp³-hybridized carbons (Fsp3) is 0.500. The highest BCUT2D eigenvalue weighted by Crippen LogP contribution is 2.30. The molecule has 1 fully saturated rings. The van der Waals surface area contributed by atoms with Gasteiger partial charge in [0.05, 0.1) is 12.7 Å². The van der Waals surface area contributed by atoms with Crippen LogP contribution in [0.1, 0.15) is 18.4 Å². The van der Waals surface area contributed by atoms with Crippen LogP contribution in [-0.2, 0) is 13.1 Å². The van der Waals surface area contributed by atoms with Crippen molar-refractivity contribution in [1.82, 2.24) is 24.5 Å². The van der Waals surface area contributed by atoms with Gasteiger partial charge >= 0.3 is 0 Å². The summed E-state index contributed by atoms with van der Waals surface area (Å²) in [6, 6.07) is 0. The molecule has 0 aromatic carbocycles. The van der Waals surface area contributed by atoms with Gasteiger partial charge in [-0.2, -0.15) is 10.2 Å². The molecule has 5 heteroatoms. The van der Waals surface area contributed by atoms with Gasteiger partial charge in [0.2, 0.25) is 0 Å². The number of nitrogens with zero attached hydrogens (tertiary/aromatic N) is 5. The van der Waals surface area contributed by atoms with E-state index in [-0.39, 0.29) is 0 Å². The van der Waals surface area contributed by atoms with Crippen molar-refractivity contribution in [3.63, 3.8) is 0 Å². The van der Waals surface area contributed by atoms with E-state index in [4.69, 9.17) is 0 Å². The van der Waals surface area contributed by atoms with E-state index in [0.29, 0.717) is 0 Å². The maximum absolute atomic E-state index is 4.33. The molecule has 0 saturated heterocycles. The summed E-state index contributed by atoms with van der Waals surface area (Å²) in [6.45, 7) is 1.82. The lowest BCUT2D eigenvalue weighted by molar-refractivity contribution is 0.562. The van der Waals surface area contributed by atoms with Gasteiger partial charge in [0.15, 0.2) is 0 Å². The second-order valence-electron chi connectivity index (χ2n) is 4.11. The summed E-state index contributed by atoms with van der Waals surface area (Å²) in [4.78, 5) is 3.91. The molecule has 2 aromatic rings. The Labute approximate surface area is 87.7 Å². The van der Waals surface area contributed by atoms with Crippen LogP contribution in [-0.4, -0.2) is 24.5 Å². The highest BCUT2D eigenvalue weighted by molar-refractivity contribution is 5.04. The fourth-order valence-corrected chi connectivity index (χ4v) is 1.65. The standard InChI is InChI=1S/C10H13N5/c1-2-9(1)4-14-5-10(3-12-14)6-15-8-11-7-13-15/h3,5,7-9H,1-2,4,6H2. The van der Waals surface area contributed by atoms with Gasteiger partial charge in [-0.1, -0.05) is 0 Å². The van der Waals surface area contributed by atoms with Crippen LogP contribution < -0.4 is 0 Å². The summed E-state index contributed by atoms with van der Waals surface area (Å²) in [5, 5.41) is 8.39. The van der Waals surface area contributed by atoms with E-state index in [2.05, 4.69) is 21.4 Å². The molecule has 2 aromatic heterocycles. The molecule has 2 heterocycles. The first-order valence-corrected chi connectivity index (χ1v) is 5.24. The average Bonchev–Trinajstić information content (AvgIpc) is 2.74. The minimum absolute atomic E-state index is 0.755. The Balaban J connectivity index is 1.67. The molecule has 78 valence electrons. The van der Waals surface area contributed by atoms with Crippen LogP contribution in [0.25, 0.3) is 0 Å². The smallest absolute Gasteiger partial charge is 0.137 e. The number of aromatic nitrogens is 5. The Morgan fingerprint density at radius 1 is 1.27 bits per heavy atom.